The zero-order valence-corrected chi connectivity index (χ0v) is 14.4. The molecule has 1 saturated heterocycles. The molecule has 0 bridgehead atoms. The van der Waals surface area contributed by atoms with Crippen molar-refractivity contribution in [2.75, 3.05) is 19.7 Å². The predicted molar refractivity (Wildman–Crippen MR) is 84.9 cm³/mol. The summed E-state index contributed by atoms with van der Waals surface area (Å²) in [5.74, 6) is 0.303. The third-order valence-electron chi connectivity index (χ3n) is 3.84. The molecule has 1 atom stereocenters. The molecule has 0 saturated carbocycles. The van der Waals surface area contributed by atoms with E-state index in [9.17, 15) is 8.42 Å². The second-order valence-corrected chi connectivity index (χ2v) is 7.74. The average Bonchev–Trinajstić information content (AvgIpc) is 2.88. The van der Waals surface area contributed by atoms with Crippen molar-refractivity contribution in [3.8, 4) is 0 Å². The number of hydrogen-bond donors (Lipinski definition) is 0. The topological polar surface area (TPSA) is 72.6 Å². The lowest BCUT2D eigenvalue weighted by Crippen LogP contribution is -2.42. The van der Waals surface area contributed by atoms with Gasteiger partial charge in [-0.1, -0.05) is 28.9 Å². The van der Waals surface area contributed by atoms with Crippen LogP contribution in [0, 0.1) is 13.8 Å². The van der Waals surface area contributed by atoms with Gasteiger partial charge in [0, 0.05) is 18.1 Å². The highest BCUT2D eigenvalue weighted by Crippen LogP contribution is 2.29. The zero-order valence-electron chi connectivity index (χ0n) is 12.8. The van der Waals surface area contributed by atoms with Gasteiger partial charge in [0.25, 0.3) is 0 Å². The summed E-state index contributed by atoms with van der Waals surface area (Å²) < 4.78 is 37.9. The molecule has 1 aliphatic heterocycles. The number of benzene rings is 1. The van der Waals surface area contributed by atoms with Crippen molar-refractivity contribution in [3.05, 3.63) is 46.3 Å². The molecule has 8 heteroatoms. The third kappa shape index (κ3) is 3.14. The van der Waals surface area contributed by atoms with E-state index in [0.29, 0.717) is 29.6 Å². The smallest absolute Gasteiger partial charge is 0.248 e. The first-order valence-electron chi connectivity index (χ1n) is 7.19. The normalized spacial score (nSPS) is 19.9. The van der Waals surface area contributed by atoms with Crippen LogP contribution in [0.4, 0.5) is 0 Å². The lowest BCUT2D eigenvalue weighted by molar-refractivity contribution is -0.00258. The Bertz CT molecular complexity index is 782. The van der Waals surface area contributed by atoms with Gasteiger partial charge in [-0.15, -0.1) is 0 Å². The molecule has 1 fully saturated rings. The molecule has 2 aromatic rings. The number of morpholine rings is 1. The van der Waals surface area contributed by atoms with Gasteiger partial charge in [0.05, 0.1) is 12.7 Å². The Morgan fingerprint density at radius 2 is 1.96 bits per heavy atom. The van der Waals surface area contributed by atoms with Crippen molar-refractivity contribution in [1.29, 1.82) is 0 Å². The fourth-order valence-corrected chi connectivity index (χ4v) is 4.54. The Morgan fingerprint density at radius 1 is 1.26 bits per heavy atom. The van der Waals surface area contributed by atoms with Crippen LogP contribution in [0.3, 0.4) is 0 Å². The van der Waals surface area contributed by atoms with Gasteiger partial charge in [-0.25, -0.2) is 8.42 Å². The first-order chi connectivity index (χ1) is 10.9. The number of nitrogens with zero attached hydrogens (tertiary/aromatic N) is 2. The minimum absolute atomic E-state index is 0.147. The van der Waals surface area contributed by atoms with Gasteiger partial charge in [-0.3, -0.25) is 0 Å². The van der Waals surface area contributed by atoms with Crippen LogP contribution >= 0.6 is 11.6 Å². The number of aryl methyl sites for hydroxylation is 2. The van der Waals surface area contributed by atoms with Crippen molar-refractivity contribution in [3.63, 3.8) is 0 Å². The molecule has 0 amide bonds. The largest absolute Gasteiger partial charge is 0.371 e. The van der Waals surface area contributed by atoms with Crippen molar-refractivity contribution >= 4 is 21.6 Å². The maximum atomic E-state index is 12.9. The minimum atomic E-state index is -3.66. The van der Waals surface area contributed by atoms with Gasteiger partial charge in [0.1, 0.15) is 10.6 Å². The maximum absolute atomic E-state index is 12.9. The first-order valence-corrected chi connectivity index (χ1v) is 9.01. The summed E-state index contributed by atoms with van der Waals surface area (Å²) in [5, 5.41) is 4.37. The SMILES string of the molecule is Cc1noc(C)c1S(=O)(=O)N1CCOC(c2ccc(Cl)cc2)C1. The highest BCUT2D eigenvalue weighted by molar-refractivity contribution is 7.89. The van der Waals surface area contributed by atoms with Crippen LogP contribution in [-0.2, 0) is 14.8 Å². The lowest BCUT2D eigenvalue weighted by Gasteiger charge is -2.32. The van der Waals surface area contributed by atoms with Crippen LogP contribution < -0.4 is 0 Å². The molecule has 0 N–H and O–H groups in total. The molecule has 0 aliphatic carbocycles. The predicted octanol–water partition coefficient (Wildman–Crippen LogP) is 2.71. The second kappa shape index (κ2) is 6.24. The van der Waals surface area contributed by atoms with E-state index in [1.807, 2.05) is 12.1 Å². The summed E-state index contributed by atoms with van der Waals surface area (Å²) in [6.45, 7) is 4.10. The van der Waals surface area contributed by atoms with Crippen molar-refractivity contribution in [2.45, 2.75) is 24.8 Å². The van der Waals surface area contributed by atoms with Crippen LogP contribution in [0.15, 0.2) is 33.7 Å². The highest BCUT2D eigenvalue weighted by Gasteiger charge is 2.35. The van der Waals surface area contributed by atoms with E-state index < -0.39 is 10.0 Å². The van der Waals surface area contributed by atoms with E-state index in [0.717, 1.165) is 5.56 Å². The molecular weight excluding hydrogens is 340 g/mol. The number of halogens is 1. The quantitative estimate of drug-likeness (QED) is 0.845. The zero-order chi connectivity index (χ0) is 16.6. The van der Waals surface area contributed by atoms with Crippen LogP contribution in [-0.4, -0.2) is 37.6 Å². The van der Waals surface area contributed by atoms with E-state index >= 15 is 0 Å². The molecule has 1 aromatic carbocycles. The maximum Gasteiger partial charge on any atom is 0.248 e. The van der Waals surface area contributed by atoms with Crippen LogP contribution in [0.1, 0.15) is 23.1 Å². The van der Waals surface area contributed by atoms with Gasteiger partial charge >= 0.3 is 0 Å². The van der Waals surface area contributed by atoms with E-state index in [2.05, 4.69) is 5.16 Å². The molecule has 0 spiro atoms. The molecule has 1 aromatic heterocycles. The van der Waals surface area contributed by atoms with E-state index in [1.165, 1.54) is 4.31 Å². The lowest BCUT2D eigenvalue weighted by atomic mass is 10.1. The first kappa shape index (κ1) is 16.4. The Kier molecular flexibility index (Phi) is 4.46. The second-order valence-electron chi connectivity index (χ2n) is 5.43. The van der Waals surface area contributed by atoms with Gasteiger partial charge in [0.2, 0.25) is 10.0 Å². The van der Waals surface area contributed by atoms with Gasteiger partial charge in [-0.2, -0.15) is 4.31 Å². The molecular formula is C15H17ClN2O4S. The number of hydrogen-bond acceptors (Lipinski definition) is 5. The standard InChI is InChI=1S/C15H17ClN2O4S/c1-10-15(11(2)22-17-10)23(19,20)18-7-8-21-14(9-18)12-3-5-13(16)6-4-12/h3-6,14H,7-9H2,1-2H3. The monoisotopic (exact) mass is 356 g/mol. The number of aromatic nitrogens is 1. The number of ether oxygens (including phenoxy) is 1. The van der Waals surface area contributed by atoms with Crippen molar-refractivity contribution in [1.82, 2.24) is 9.46 Å². The summed E-state index contributed by atoms with van der Waals surface area (Å²) >= 11 is 5.89. The van der Waals surface area contributed by atoms with Crippen LogP contribution in [0.25, 0.3) is 0 Å². The molecule has 6 nitrogen and oxygen atoms in total. The van der Waals surface area contributed by atoms with E-state index in [-0.39, 0.29) is 17.5 Å². The molecule has 2 heterocycles. The minimum Gasteiger partial charge on any atom is -0.371 e. The number of sulfonamides is 1. The van der Waals surface area contributed by atoms with Gasteiger partial charge in [-0.05, 0) is 31.5 Å². The third-order valence-corrected chi connectivity index (χ3v) is 6.20. The molecule has 1 unspecified atom stereocenters. The van der Waals surface area contributed by atoms with Crippen molar-refractivity contribution in [2.24, 2.45) is 0 Å². The molecule has 3 rings (SSSR count). The summed E-state index contributed by atoms with van der Waals surface area (Å²) in [4.78, 5) is 0.147. The van der Waals surface area contributed by atoms with E-state index in [1.54, 1.807) is 26.0 Å². The fourth-order valence-electron chi connectivity index (χ4n) is 2.70. The fraction of sp³-hybridized carbons (Fsp3) is 0.400. The summed E-state index contributed by atoms with van der Waals surface area (Å²) in [5.41, 5.74) is 1.27. The number of rotatable bonds is 3. The Hall–Kier alpha value is -1.41. The molecule has 1 aliphatic rings. The Morgan fingerprint density at radius 3 is 2.57 bits per heavy atom. The highest BCUT2D eigenvalue weighted by atomic mass is 35.5. The van der Waals surface area contributed by atoms with Gasteiger partial charge in [0.15, 0.2) is 5.76 Å². The molecule has 0 radical (unpaired) electrons. The summed E-state index contributed by atoms with van der Waals surface area (Å²) in [6.07, 6.45) is -0.323. The van der Waals surface area contributed by atoms with Crippen molar-refractivity contribution < 1.29 is 17.7 Å². The van der Waals surface area contributed by atoms with E-state index in [4.69, 9.17) is 20.9 Å². The van der Waals surface area contributed by atoms with Gasteiger partial charge < -0.3 is 9.26 Å². The van der Waals surface area contributed by atoms with Crippen LogP contribution in [0.5, 0.6) is 0 Å². The summed E-state index contributed by atoms with van der Waals surface area (Å²) in [6, 6.07) is 7.22. The Labute approximate surface area is 140 Å². The Balaban J connectivity index is 1.87. The average molecular weight is 357 g/mol. The van der Waals surface area contributed by atoms with Crippen LogP contribution in [0.2, 0.25) is 5.02 Å². The summed E-state index contributed by atoms with van der Waals surface area (Å²) in [7, 11) is -3.66. The molecule has 23 heavy (non-hydrogen) atoms. The molecule has 124 valence electrons.